The molecule has 0 radical (unpaired) electrons. The third kappa shape index (κ3) is 1.60. The summed E-state index contributed by atoms with van der Waals surface area (Å²) in [5, 5.41) is 3.22. The Balaban J connectivity index is 2.81. The third-order valence-corrected chi connectivity index (χ3v) is 3.65. The second-order valence-corrected chi connectivity index (χ2v) is 4.31. The summed E-state index contributed by atoms with van der Waals surface area (Å²) in [5.41, 5.74) is 1.48. The van der Waals surface area contributed by atoms with E-state index in [1.807, 2.05) is 12.3 Å². The highest BCUT2D eigenvalue weighted by atomic mass is 35.5. The van der Waals surface area contributed by atoms with Crippen LogP contribution in [-0.4, -0.2) is 18.1 Å². The maximum atomic E-state index is 11.5. The van der Waals surface area contributed by atoms with Gasteiger partial charge in [-0.1, -0.05) is 11.6 Å². The molecule has 2 aromatic rings. The number of hydrogen-bond donors (Lipinski definition) is 0. The Morgan fingerprint density at radius 2 is 2.33 bits per heavy atom. The molecule has 0 fully saturated rings. The minimum absolute atomic E-state index is 0.384. The van der Waals surface area contributed by atoms with Gasteiger partial charge in [0.15, 0.2) is 0 Å². The van der Waals surface area contributed by atoms with Crippen molar-refractivity contribution in [2.24, 2.45) is 0 Å². The average molecular weight is 242 g/mol. The van der Waals surface area contributed by atoms with E-state index in [2.05, 4.69) is 4.98 Å². The smallest absolute Gasteiger partial charge is 0.340 e. The summed E-state index contributed by atoms with van der Waals surface area (Å²) in [6.07, 6.45) is 1.45. The van der Waals surface area contributed by atoms with Crippen molar-refractivity contribution in [3.8, 4) is 0 Å². The van der Waals surface area contributed by atoms with E-state index in [1.165, 1.54) is 24.6 Å². The molecule has 5 heteroatoms. The molecule has 0 saturated heterocycles. The van der Waals surface area contributed by atoms with Gasteiger partial charge in [-0.25, -0.2) is 9.78 Å². The van der Waals surface area contributed by atoms with E-state index < -0.39 is 0 Å². The van der Waals surface area contributed by atoms with Crippen LogP contribution in [0.3, 0.4) is 0 Å². The Hall–Kier alpha value is -1.13. The molecule has 2 aromatic heterocycles. The SMILES string of the molecule is COC(=O)c1cnc(Cl)c2scc(C)c12. The van der Waals surface area contributed by atoms with E-state index in [4.69, 9.17) is 16.3 Å². The summed E-state index contributed by atoms with van der Waals surface area (Å²) < 4.78 is 5.52. The number of pyridine rings is 1. The van der Waals surface area contributed by atoms with Crippen LogP contribution in [0.2, 0.25) is 5.15 Å². The van der Waals surface area contributed by atoms with Crippen molar-refractivity contribution >= 4 is 39.0 Å². The molecule has 0 spiro atoms. The normalized spacial score (nSPS) is 10.6. The average Bonchev–Trinajstić information content (AvgIpc) is 2.62. The Bertz CT molecular complexity index is 535. The van der Waals surface area contributed by atoms with E-state index >= 15 is 0 Å². The molecule has 0 amide bonds. The molecule has 0 aliphatic carbocycles. The number of aryl methyl sites for hydroxylation is 1. The topological polar surface area (TPSA) is 39.2 Å². The summed E-state index contributed by atoms with van der Waals surface area (Å²) in [6, 6.07) is 0. The number of rotatable bonds is 1. The van der Waals surface area contributed by atoms with Crippen LogP contribution >= 0.6 is 22.9 Å². The van der Waals surface area contributed by atoms with Gasteiger partial charge in [-0.3, -0.25) is 0 Å². The summed E-state index contributed by atoms with van der Waals surface area (Å²) in [7, 11) is 1.35. The number of hydrogen-bond acceptors (Lipinski definition) is 4. The molecule has 78 valence electrons. The van der Waals surface area contributed by atoms with Crippen molar-refractivity contribution in [2.45, 2.75) is 6.92 Å². The lowest BCUT2D eigenvalue weighted by molar-refractivity contribution is 0.0602. The molecule has 0 aliphatic heterocycles. The summed E-state index contributed by atoms with van der Waals surface area (Å²) >= 11 is 7.42. The number of ether oxygens (including phenoxy) is 1. The van der Waals surface area contributed by atoms with Crippen LogP contribution in [0.4, 0.5) is 0 Å². The van der Waals surface area contributed by atoms with Crippen molar-refractivity contribution in [3.63, 3.8) is 0 Å². The van der Waals surface area contributed by atoms with Gasteiger partial charge in [-0.2, -0.15) is 0 Å². The van der Waals surface area contributed by atoms with Crippen LogP contribution in [0, 0.1) is 6.92 Å². The summed E-state index contributed by atoms with van der Waals surface area (Å²) in [6.45, 7) is 1.93. The first-order valence-electron chi connectivity index (χ1n) is 4.25. The van der Waals surface area contributed by atoms with E-state index in [0.717, 1.165) is 15.6 Å². The quantitative estimate of drug-likeness (QED) is 0.569. The molecule has 0 saturated carbocycles. The highest BCUT2D eigenvalue weighted by molar-refractivity contribution is 7.18. The van der Waals surface area contributed by atoms with Crippen molar-refractivity contribution in [2.75, 3.05) is 7.11 Å². The second kappa shape index (κ2) is 3.79. The van der Waals surface area contributed by atoms with Crippen LogP contribution in [-0.2, 0) is 4.74 Å². The minimum Gasteiger partial charge on any atom is -0.465 e. The Morgan fingerprint density at radius 1 is 1.60 bits per heavy atom. The Labute approximate surface area is 95.6 Å². The van der Waals surface area contributed by atoms with Gasteiger partial charge in [-0.05, 0) is 17.9 Å². The number of methoxy groups -OCH3 is 1. The molecule has 2 rings (SSSR count). The number of carbonyl (C=O) groups excluding carboxylic acids is 1. The van der Waals surface area contributed by atoms with Gasteiger partial charge in [0, 0.05) is 11.6 Å². The molecule has 0 unspecified atom stereocenters. The predicted molar refractivity (Wildman–Crippen MR) is 60.7 cm³/mol. The molecular weight excluding hydrogens is 234 g/mol. The molecular formula is C10H8ClNO2S. The molecule has 0 aliphatic rings. The number of halogens is 1. The van der Waals surface area contributed by atoms with Gasteiger partial charge in [0.2, 0.25) is 0 Å². The van der Waals surface area contributed by atoms with Crippen molar-refractivity contribution < 1.29 is 9.53 Å². The Morgan fingerprint density at radius 3 is 3.00 bits per heavy atom. The molecule has 15 heavy (non-hydrogen) atoms. The lowest BCUT2D eigenvalue weighted by Crippen LogP contribution is -2.02. The monoisotopic (exact) mass is 241 g/mol. The minimum atomic E-state index is -0.384. The van der Waals surface area contributed by atoms with E-state index in [9.17, 15) is 4.79 Å². The number of thiophene rings is 1. The fraction of sp³-hybridized carbons (Fsp3) is 0.200. The first-order valence-corrected chi connectivity index (χ1v) is 5.51. The van der Waals surface area contributed by atoms with Crippen molar-refractivity contribution in [3.05, 3.63) is 27.9 Å². The number of esters is 1. The van der Waals surface area contributed by atoms with Crippen LogP contribution in [0.1, 0.15) is 15.9 Å². The highest BCUT2D eigenvalue weighted by Gasteiger charge is 2.16. The second-order valence-electron chi connectivity index (χ2n) is 3.08. The molecule has 3 nitrogen and oxygen atoms in total. The van der Waals surface area contributed by atoms with Crippen LogP contribution < -0.4 is 0 Å². The summed E-state index contributed by atoms with van der Waals surface area (Å²) in [5.74, 6) is -0.384. The number of fused-ring (bicyclic) bond motifs is 1. The van der Waals surface area contributed by atoms with Crippen molar-refractivity contribution in [1.82, 2.24) is 4.98 Å². The number of carbonyl (C=O) groups is 1. The first-order chi connectivity index (χ1) is 7.15. The van der Waals surface area contributed by atoms with Gasteiger partial charge in [0.05, 0.1) is 17.4 Å². The van der Waals surface area contributed by atoms with Gasteiger partial charge < -0.3 is 4.74 Å². The first kappa shape index (κ1) is 10.4. The van der Waals surface area contributed by atoms with Gasteiger partial charge in [-0.15, -0.1) is 11.3 Å². The molecule has 0 N–H and O–H groups in total. The number of aromatic nitrogens is 1. The highest BCUT2D eigenvalue weighted by Crippen LogP contribution is 2.32. The molecule has 0 aromatic carbocycles. The van der Waals surface area contributed by atoms with Crippen LogP contribution in [0.15, 0.2) is 11.6 Å². The van der Waals surface area contributed by atoms with Gasteiger partial charge in [0.1, 0.15) is 5.15 Å². The summed E-state index contributed by atoms with van der Waals surface area (Å²) in [4.78, 5) is 15.5. The van der Waals surface area contributed by atoms with Crippen molar-refractivity contribution in [1.29, 1.82) is 0 Å². The maximum Gasteiger partial charge on any atom is 0.340 e. The fourth-order valence-corrected chi connectivity index (χ4v) is 2.67. The predicted octanol–water partition coefficient (Wildman–Crippen LogP) is 3.04. The lowest BCUT2D eigenvalue weighted by atomic mass is 10.1. The zero-order valence-corrected chi connectivity index (χ0v) is 9.78. The largest absolute Gasteiger partial charge is 0.465 e. The Kier molecular flexibility index (Phi) is 2.63. The molecule has 0 bridgehead atoms. The zero-order valence-electron chi connectivity index (χ0n) is 8.20. The maximum absolute atomic E-state index is 11.5. The molecule has 0 atom stereocenters. The lowest BCUT2D eigenvalue weighted by Gasteiger charge is -2.02. The van der Waals surface area contributed by atoms with E-state index in [0.29, 0.717) is 10.7 Å². The van der Waals surface area contributed by atoms with Crippen LogP contribution in [0.25, 0.3) is 10.1 Å². The van der Waals surface area contributed by atoms with E-state index in [1.54, 1.807) is 0 Å². The zero-order chi connectivity index (χ0) is 11.0. The number of nitrogens with zero attached hydrogens (tertiary/aromatic N) is 1. The standard InChI is InChI=1S/C10H8ClNO2S/c1-5-4-15-8-7(5)6(10(13)14-2)3-12-9(8)11/h3-4H,1-2H3. The van der Waals surface area contributed by atoms with Gasteiger partial charge >= 0.3 is 5.97 Å². The van der Waals surface area contributed by atoms with E-state index in [-0.39, 0.29) is 5.97 Å². The molecule has 2 heterocycles. The van der Waals surface area contributed by atoms with Crippen LogP contribution in [0.5, 0.6) is 0 Å². The van der Waals surface area contributed by atoms with Gasteiger partial charge in [0.25, 0.3) is 0 Å². The fourth-order valence-electron chi connectivity index (χ4n) is 1.44. The third-order valence-electron chi connectivity index (χ3n) is 2.14.